The van der Waals surface area contributed by atoms with Crippen LogP contribution in [0, 0.1) is 34.0 Å². The van der Waals surface area contributed by atoms with Crippen molar-refractivity contribution in [2.75, 3.05) is 0 Å². The van der Waals surface area contributed by atoms with E-state index in [0.717, 1.165) is 60.9 Å². The quantitative estimate of drug-likeness (QED) is 0.190. The number of nitrogens with zero attached hydrogens (tertiary/aromatic N) is 5. The molecule has 51 heavy (non-hydrogen) atoms. The van der Waals surface area contributed by atoms with Crippen molar-refractivity contribution < 1.29 is 0 Å². The molecular formula is C46H29N5. The molecule has 2 heterocycles. The van der Waals surface area contributed by atoms with E-state index < -0.39 is 5.41 Å². The maximum atomic E-state index is 10.3. The number of benzene rings is 6. The van der Waals surface area contributed by atoms with Crippen LogP contribution in [0.2, 0.25) is 0 Å². The number of para-hydroxylation sites is 3. The summed E-state index contributed by atoms with van der Waals surface area (Å²) in [6.45, 7) is 2.19. The fraction of sp³-hybridized carbons (Fsp3) is 0.0652. The zero-order chi connectivity index (χ0) is 34.7. The predicted molar refractivity (Wildman–Crippen MR) is 205 cm³/mol. The fourth-order valence-corrected chi connectivity index (χ4v) is 7.91. The van der Waals surface area contributed by atoms with E-state index in [1.54, 1.807) is 0 Å². The summed E-state index contributed by atoms with van der Waals surface area (Å²) in [4.78, 5) is 0. The second-order valence-electron chi connectivity index (χ2n) is 13.4. The van der Waals surface area contributed by atoms with E-state index in [-0.39, 0.29) is 0 Å². The third-order valence-electron chi connectivity index (χ3n) is 10.4. The van der Waals surface area contributed by atoms with Crippen LogP contribution in [0.25, 0.3) is 60.6 Å². The normalized spacial score (nSPS) is 15.5. The average Bonchev–Trinajstić information content (AvgIpc) is 3.70. The molecule has 0 amide bonds. The number of fused-ring (bicyclic) bond motifs is 6. The molecule has 0 N–H and O–H groups in total. The average molecular weight is 652 g/mol. The first kappa shape index (κ1) is 30.0. The van der Waals surface area contributed by atoms with Gasteiger partial charge >= 0.3 is 0 Å². The van der Waals surface area contributed by atoms with Gasteiger partial charge in [0.25, 0.3) is 0 Å². The summed E-state index contributed by atoms with van der Waals surface area (Å²) < 4.78 is 4.49. The van der Waals surface area contributed by atoms with Crippen molar-refractivity contribution in [2.45, 2.75) is 18.8 Å². The van der Waals surface area contributed by atoms with E-state index in [2.05, 4.69) is 125 Å². The maximum absolute atomic E-state index is 10.3. The molecule has 0 saturated heterocycles. The monoisotopic (exact) mass is 651 g/mol. The van der Waals surface area contributed by atoms with E-state index in [4.69, 9.17) is 0 Å². The number of hydrogen-bond acceptors (Lipinski definition) is 3. The molecule has 1 aliphatic rings. The van der Waals surface area contributed by atoms with Gasteiger partial charge in [-0.2, -0.15) is 15.8 Å². The minimum absolute atomic E-state index is 0.448. The van der Waals surface area contributed by atoms with Crippen molar-refractivity contribution in [3.05, 3.63) is 173 Å². The summed E-state index contributed by atoms with van der Waals surface area (Å²) in [6, 6.07) is 50.0. The van der Waals surface area contributed by atoms with Crippen LogP contribution in [0.4, 0.5) is 0 Å². The second-order valence-corrected chi connectivity index (χ2v) is 13.4. The van der Waals surface area contributed by atoms with Gasteiger partial charge in [-0.15, -0.1) is 0 Å². The first-order chi connectivity index (χ1) is 25.0. The zero-order valence-corrected chi connectivity index (χ0v) is 27.8. The van der Waals surface area contributed by atoms with Crippen LogP contribution in [0.15, 0.2) is 146 Å². The van der Waals surface area contributed by atoms with Gasteiger partial charge in [-0.3, -0.25) is 0 Å². The Morgan fingerprint density at radius 1 is 0.569 bits per heavy atom. The molecule has 0 saturated carbocycles. The smallest absolute Gasteiger partial charge is 0.0994 e. The van der Waals surface area contributed by atoms with E-state index >= 15 is 0 Å². The summed E-state index contributed by atoms with van der Waals surface area (Å²) >= 11 is 0. The molecule has 238 valence electrons. The number of rotatable bonds is 4. The highest BCUT2D eigenvalue weighted by Crippen LogP contribution is 2.42. The highest BCUT2D eigenvalue weighted by Gasteiger charge is 2.30. The topological polar surface area (TPSA) is 81.2 Å². The molecule has 0 fully saturated rings. The Balaban J connectivity index is 1.16. The molecule has 6 aromatic carbocycles. The molecule has 0 bridgehead atoms. The number of aromatic nitrogens is 2. The van der Waals surface area contributed by atoms with E-state index in [9.17, 15) is 15.8 Å². The minimum atomic E-state index is -0.448. The summed E-state index contributed by atoms with van der Waals surface area (Å²) in [5.41, 5.74) is 10.6. The van der Waals surface area contributed by atoms with Crippen LogP contribution in [0.1, 0.15) is 41.2 Å². The van der Waals surface area contributed by atoms with Crippen LogP contribution in [0.3, 0.4) is 0 Å². The molecule has 1 atom stereocenters. The van der Waals surface area contributed by atoms with E-state index in [1.165, 1.54) is 10.8 Å². The van der Waals surface area contributed by atoms with Gasteiger partial charge in [-0.05, 0) is 84.3 Å². The van der Waals surface area contributed by atoms with Gasteiger partial charge in [0.1, 0.15) is 0 Å². The second kappa shape index (κ2) is 11.5. The molecule has 1 unspecified atom stereocenters. The van der Waals surface area contributed by atoms with Crippen LogP contribution in [-0.2, 0) is 5.41 Å². The first-order valence-corrected chi connectivity index (χ1v) is 16.9. The SMILES string of the molecule is CC1(c2cc(-n3c4ccccc4c4cc(C#N)ccc43)ccc2C#N)C=CC(c2ccc(C#N)cc2-n2c3ccccc3c3ccccc32)=CC1. The summed E-state index contributed by atoms with van der Waals surface area (Å²) in [7, 11) is 0. The third kappa shape index (κ3) is 4.59. The molecule has 8 aromatic rings. The van der Waals surface area contributed by atoms with Crippen LogP contribution < -0.4 is 0 Å². The van der Waals surface area contributed by atoms with Crippen molar-refractivity contribution in [3.8, 4) is 29.6 Å². The molecule has 5 nitrogen and oxygen atoms in total. The number of nitriles is 3. The lowest BCUT2D eigenvalue weighted by Crippen LogP contribution is -2.22. The lowest BCUT2D eigenvalue weighted by molar-refractivity contribution is 0.599. The highest BCUT2D eigenvalue weighted by molar-refractivity contribution is 6.10. The molecule has 1 aliphatic carbocycles. The number of hydrogen-bond donors (Lipinski definition) is 0. The van der Waals surface area contributed by atoms with Crippen molar-refractivity contribution in [1.29, 1.82) is 15.8 Å². The Morgan fingerprint density at radius 3 is 1.78 bits per heavy atom. The third-order valence-corrected chi connectivity index (χ3v) is 10.4. The Morgan fingerprint density at radius 2 is 1.16 bits per heavy atom. The van der Waals surface area contributed by atoms with Crippen molar-refractivity contribution in [2.24, 2.45) is 0 Å². The van der Waals surface area contributed by atoms with Crippen molar-refractivity contribution in [1.82, 2.24) is 9.13 Å². The Kier molecular flexibility index (Phi) is 6.75. The Bertz CT molecular complexity index is 2890. The minimum Gasteiger partial charge on any atom is -0.309 e. The number of allylic oxidation sites excluding steroid dienone is 4. The van der Waals surface area contributed by atoms with Gasteiger partial charge in [0.2, 0.25) is 0 Å². The summed E-state index contributed by atoms with van der Waals surface area (Å²) in [5.74, 6) is 0. The predicted octanol–water partition coefficient (Wildman–Crippen LogP) is 10.8. The van der Waals surface area contributed by atoms with Crippen LogP contribution >= 0.6 is 0 Å². The molecule has 2 aromatic heterocycles. The van der Waals surface area contributed by atoms with Gasteiger partial charge < -0.3 is 9.13 Å². The standard InChI is InChI=1S/C46H29N5/c1-46(40-26-34(17-16-33(40)29-49)50-41-11-5-4-10-38(41)39-24-30(27-47)15-19-44(39)50)22-20-32(21-23-46)35-18-14-31(28-48)25-45(35)51-42-12-6-2-8-36(42)37-9-3-7-13-43(37)51/h2-22,24-26H,23H2,1H3. The van der Waals surface area contributed by atoms with Crippen molar-refractivity contribution >= 4 is 49.2 Å². The Labute approximate surface area is 295 Å². The molecule has 0 spiro atoms. The summed E-state index contributed by atoms with van der Waals surface area (Å²) in [5, 5.41) is 34.3. The van der Waals surface area contributed by atoms with Crippen molar-refractivity contribution in [3.63, 3.8) is 0 Å². The fourth-order valence-electron chi connectivity index (χ4n) is 7.91. The van der Waals surface area contributed by atoms with Gasteiger partial charge in [0.05, 0.1) is 62.7 Å². The lowest BCUT2D eigenvalue weighted by Gasteiger charge is -2.30. The van der Waals surface area contributed by atoms with E-state index in [0.29, 0.717) is 23.1 Å². The molecule has 9 rings (SSSR count). The molecular weight excluding hydrogens is 623 g/mol. The largest absolute Gasteiger partial charge is 0.309 e. The highest BCUT2D eigenvalue weighted by atomic mass is 15.0. The van der Waals surface area contributed by atoms with Crippen LogP contribution in [-0.4, -0.2) is 9.13 Å². The first-order valence-electron chi connectivity index (χ1n) is 16.9. The van der Waals surface area contributed by atoms with Gasteiger partial charge in [-0.25, -0.2) is 0 Å². The zero-order valence-electron chi connectivity index (χ0n) is 27.8. The molecule has 0 radical (unpaired) electrons. The van der Waals surface area contributed by atoms with E-state index in [1.807, 2.05) is 54.6 Å². The Hall–Kier alpha value is -7.13. The van der Waals surface area contributed by atoms with Crippen LogP contribution in [0.5, 0.6) is 0 Å². The maximum Gasteiger partial charge on any atom is 0.0994 e. The van der Waals surface area contributed by atoms with Gasteiger partial charge in [-0.1, -0.05) is 85.8 Å². The molecule has 0 aliphatic heterocycles. The lowest BCUT2D eigenvalue weighted by atomic mass is 9.73. The van der Waals surface area contributed by atoms with Gasteiger partial charge in [0, 0.05) is 38.2 Å². The van der Waals surface area contributed by atoms with Gasteiger partial charge in [0.15, 0.2) is 0 Å². The molecule has 5 heteroatoms. The summed E-state index contributed by atoms with van der Waals surface area (Å²) in [6.07, 6.45) is 7.33.